The van der Waals surface area contributed by atoms with Crippen LogP contribution in [0.2, 0.25) is 10.0 Å². The Labute approximate surface area is 131 Å². The zero-order chi connectivity index (χ0) is 15.0. The van der Waals surface area contributed by atoms with E-state index in [0.717, 1.165) is 30.4 Å². The number of aryl methyl sites for hydroxylation is 2. The number of fused-ring (bicyclic) bond motifs is 1. The van der Waals surface area contributed by atoms with E-state index in [2.05, 4.69) is 0 Å². The molecule has 0 radical (unpaired) electrons. The zero-order valence-corrected chi connectivity index (χ0v) is 12.4. The van der Waals surface area contributed by atoms with Crippen LogP contribution in [0.15, 0.2) is 30.3 Å². The van der Waals surface area contributed by atoms with Crippen molar-refractivity contribution in [2.75, 3.05) is 0 Å². The van der Waals surface area contributed by atoms with Gasteiger partial charge < -0.3 is 4.74 Å². The van der Waals surface area contributed by atoms with Crippen LogP contribution in [0.3, 0.4) is 0 Å². The molecule has 2 aromatic rings. The molecule has 21 heavy (non-hydrogen) atoms. The van der Waals surface area contributed by atoms with Gasteiger partial charge in [-0.15, -0.1) is 0 Å². The van der Waals surface area contributed by atoms with Gasteiger partial charge >= 0.3 is 5.69 Å². The third kappa shape index (κ3) is 2.82. The Morgan fingerprint density at radius 2 is 1.76 bits per heavy atom. The molecule has 4 nitrogen and oxygen atoms in total. The maximum absolute atomic E-state index is 11.2. The lowest BCUT2D eigenvalue weighted by Gasteiger charge is -2.10. The Bertz CT molecular complexity index is 731. The Balaban J connectivity index is 2.03. The van der Waals surface area contributed by atoms with Gasteiger partial charge in [0.2, 0.25) is 5.75 Å². The highest BCUT2D eigenvalue weighted by Gasteiger charge is 2.23. The van der Waals surface area contributed by atoms with Crippen LogP contribution in [0, 0.1) is 10.1 Å². The summed E-state index contributed by atoms with van der Waals surface area (Å²) in [4.78, 5) is 10.8. The van der Waals surface area contributed by atoms with Crippen LogP contribution in [0.5, 0.6) is 11.5 Å². The van der Waals surface area contributed by atoms with Gasteiger partial charge in [0.15, 0.2) is 0 Å². The van der Waals surface area contributed by atoms with Gasteiger partial charge in [0.25, 0.3) is 0 Å². The molecule has 1 aliphatic carbocycles. The fourth-order valence-electron chi connectivity index (χ4n) is 2.49. The summed E-state index contributed by atoms with van der Waals surface area (Å²) >= 11 is 11.9. The van der Waals surface area contributed by atoms with Gasteiger partial charge in [-0.05, 0) is 54.7 Å². The Morgan fingerprint density at radius 1 is 1.05 bits per heavy atom. The molecule has 0 N–H and O–H groups in total. The fourth-order valence-corrected chi connectivity index (χ4v) is 2.94. The number of nitro groups is 1. The maximum Gasteiger partial charge on any atom is 0.311 e. The lowest BCUT2D eigenvalue weighted by Crippen LogP contribution is -1.96. The second kappa shape index (κ2) is 5.54. The first-order valence-corrected chi connectivity index (χ1v) is 7.23. The van der Waals surface area contributed by atoms with E-state index in [0.29, 0.717) is 15.8 Å². The second-order valence-corrected chi connectivity index (χ2v) is 5.72. The number of hydrogen-bond donors (Lipinski definition) is 0. The molecule has 0 saturated carbocycles. The molecule has 0 fully saturated rings. The van der Waals surface area contributed by atoms with Crippen molar-refractivity contribution in [1.29, 1.82) is 0 Å². The van der Waals surface area contributed by atoms with Crippen LogP contribution in [0.25, 0.3) is 0 Å². The molecular weight excluding hydrogens is 313 g/mol. The largest absolute Gasteiger partial charge is 0.449 e. The molecule has 0 aliphatic heterocycles. The van der Waals surface area contributed by atoms with Gasteiger partial charge in [0.05, 0.1) is 9.95 Å². The smallest absolute Gasteiger partial charge is 0.311 e. The minimum Gasteiger partial charge on any atom is -0.449 e. The second-order valence-electron chi connectivity index (χ2n) is 4.88. The number of nitrogens with zero attached hydrogens (tertiary/aromatic N) is 1. The van der Waals surface area contributed by atoms with Crippen LogP contribution < -0.4 is 4.74 Å². The summed E-state index contributed by atoms with van der Waals surface area (Å²) in [7, 11) is 0. The van der Waals surface area contributed by atoms with Gasteiger partial charge in [0.1, 0.15) is 5.75 Å². The van der Waals surface area contributed by atoms with E-state index in [1.54, 1.807) is 24.3 Å². The molecule has 0 amide bonds. The highest BCUT2D eigenvalue weighted by Crippen LogP contribution is 2.39. The Morgan fingerprint density at radius 3 is 2.43 bits per heavy atom. The monoisotopic (exact) mass is 323 g/mol. The highest BCUT2D eigenvalue weighted by atomic mass is 35.5. The van der Waals surface area contributed by atoms with Crippen LogP contribution in [-0.2, 0) is 12.8 Å². The SMILES string of the molecule is O=[N+]([O-])c1cc2c(cc1Oc1ccc(Cl)cc1Cl)CCC2. The average molecular weight is 324 g/mol. The summed E-state index contributed by atoms with van der Waals surface area (Å²) in [5.74, 6) is 0.562. The molecule has 0 bridgehead atoms. The maximum atomic E-state index is 11.2. The van der Waals surface area contributed by atoms with Gasteiger partial charge in [-0.25, -0.2) is 0 Å². The predicted octanol–water partition coefficient (Wildman–Crippen LogP) is 5.18. The number of rotatable bonds is 3. The predicted molar refractivity (Wildman–Crippen MR) is 81.7 cm³/mol. The van der Waals surface area contributed by atoms with Crippen LogP contribution in [0.4, 0.5) is 5.69 Å². The minimum atomic E-state index is -0.433. The molecular formula is C15H11Cl2NO3. The molecule has 3 rings (SSSR count). The third-order valence-corrected chi connectivity index (χ3v) is 4.01. The summed E-state index contributed by atoms with van der Waals surface area (Å²) in [6, 6.07) is 8.11. The number of halogens is 2. The Hall–Kier alpha value is -1.78. The molecule has 0 saturated heterocycles. The number of benzene rings is 2. The van der Waals surface area contributed by atoms with E-state index in [1.165, 1.54) is 6.07 Å². The fraction of sp³-hybridized carbons (Fsp3) is 0.200. The van der Waals surface area contributed by atoms with Crippen molar-refractivity contribution in [1.82, 2.24) is 0 Å². The molecule has 0 aromatic heterocycles. The first-order valence-electron chi connectivity index (χ1n) is 6.47. The number of ether oxygens (including phenoxy) is 1. The van der Waals surface area contributed by atoms with Crippen molar-refractivity contribution in [2.45, 2.75) is 19.3 Å². The number of nitro benzene ring substituents is 1. The first kappa shape index (κ1) is 14.2. The lowest BCUT2D eigenvalue weighted by molar-refractivity contribution is -0.385. The van der Waals surface area contributed by atoms with Crippen molar-refractivity contribution in [3.8, 4) is 11.5 Å². The van der Waals surface area contributed by atoms with E-state index < -0.39 is 4.92 Å². The van der Waals surface area contributed by atoms with Gasteiger partial charge in [0, 0.05) is 11.1 Å². The van der Waals surface area contributed by atoms with Crippen LogP contribution >= 0.6 is 23.2 Å². The van der Waals surface area contributed by atoms with Crippen molar-refractivity contribution >= 4 is 28.9 Å². The van der Waals surface area contributed by atoms with Crippen LogP contribution in [-0.4, -0.2) is 4.92 Å². The molecule has 0 heterocycles. The van der Waals surface area contributed by atoms with Gasteiger partial charge in [-0.1, -0.05) is 23.2 Å². The standard InChI is InChI=1S/C15H11Cl2NO3/c16-11-4-5-14(12(17)8-11)21-15-7-10-3-1-2-9(10)6-13(15)18(19)20/h4-8H,1-3H2. The van der Waals surface area contributed by atoms with E-state index in [4.69, 9.17) is 27.9 Å². The van der Waals surface area contributed by atoms with E-state index in [1.807, 2.05) is 0 Å². The summed E-state index contributed by atoms with van der Waals surface area (Å²) in [5.41, 5.74) is 2.08. The topological polar surface area (TPSA) is 52.4 Å². The van der Waals surface area contributed by atoms with Crippen molar-refractivity contribution in [3.05, 3.63) is 61.6 Å². The summed E-state index contributed by atoms with van der Waals surface area (Å²) in [5, 5.41) is 12.0. The molecule has 0 unspecified atom stereocenters. The highest BCUT2D eigenvalue weighted by molar-refractivity contribution is 6.35. The number of hydrogen-bond acceptors (Lipinski definition) is 3. The lowest BCUT2D eigenvalue weighted by atomic mass is 10.1. The molecule has 0 atom stereocenters. The normalized spacial score (nSPS) is 13.0. The third-order valence-electron chi connectivity index (χ3n) is 3.48. The molecule has 6 heteroatoms. The minimum absolute atomic E-state index is 0.0401. The molecule has 2 aromatic carbocycles. The van der Waals surface area contributed by atoms with Crippen molar-refractivity contribution < 1.29 is 9.66 Å². The van der Waals surface area contributed by atoms with Gasteiger partial charge in [-0.2, -0.15) is 0 Å². The first-order chi connectivity index (χ1) is 10.0. The van der Waals surface area contributed by atoms with Crippen molar-refractivity contribution in [3.63, 3.8) is 0 Å². The summed E-state index contributed by atoms with van der Waals surface area (Å²) < 4.78 is 5.65. The zero-order valence-electron chi connectivity index (χ0n) is 10.9. The van der Waals surface area contributed by atoms with E-state index in [-0.39, 0.29) is 11.4 Å². The summed E-state index contributed by atoms with van der Waals surface area (Å²) in [6.45, 7) is 0. The molecule has 0 spiro atoms. The van der Waals surface area contributed by atoms with Crippen LogP contribution in [0.1, 0.15) is 17.5 Å². The van der Waals surface area contributed by atoms with Crippen molar-refractivity contribution in [2.24, 2.45) is 0 Å². The van der Waals surface area contributed by atoms with E-state index in [9.17, 15) is 10.1 Å². The summed E-state index contributed by atoms with van der Waals surface area (Å²) in [6.07, 6.45) is 2.80. The Kier molecular flexibility index (Phi) is 3.74. The average Bonchev–Trinajstić information content (AvgIpc) is 2.88. The quantitative estimate of drug-likeness (QED) is 0.577. The van der Waals surface area contributed by atoms with Gasteiger partial charge in [-0.3, -0.25) is 10.1 Å². The van der Waals surface area contributed by atoms with E-state index >= 15 is 0 Å². The molecule has 108 valence electrons. The molecule has 1 aliphatic rings.